The van der Waals surface area contributed by atoms with E-state index in [4.69, 9.17) is 0 Å². The van der Waals surface area contributed by atoms with Crippen LogP contribution in [0.3, 0.4) is 0 Å². The Kier molecular flexibility index (Phi) is 4.59. The van der Waals surface area contributed by atoms with Gasteiger partial charge in [0.15, 0.2) is 0 Å². The van der Waals surface area contributed by atoms with E-state index in [1.54, 1.807) is 4.90 Å². The van der Waals surface area contributed by atoms with Crippen molar-refractivity contribution in [2.75, 3.05) is 13.6 Å². The molecule has 0 aromatic heterocycles. The summed E-state index contributed by atoms with van der Waals surface area (Å²) in [6.45, 7) is 12.8. The van der Waals surface area contributed by atoms with Gasteiger partial charge < -0.3 is 11.8 Å². The fourth-order valence-corrected chi connectivity index (χ4v) is 4.17. The van der Waals surface area contributed by atoms with Crippen molar-refractivity contribution in [1.82, 2.24) is 0 Å². The van der Waals surface area contributed by atoms with Crippen molar-refractivity contribution >= 4 is 0 Å². The molecule has 0 spiro atoms. The lowest BCUT2D eigenvalue weighted by Crippen LogP contribution is -3.13. The number of hydrogen-bond acceptors (Lipinski definition) is 0. The first-order chi connectivity index (χ1) is 9.27. The van der Waals surface area contributed by atoms with Gasteiger partial charge in [0.1, 0.15) is 0 Å². The molecule has 1 aliphatic rings. The third-order valence-electron chi connectivity index (χ3n) is 4.79. The van der Waals surface area contributed by atoms with E-state index in [0.29, 0.717) is 5.41 Å². The zero-order valence-corrected chi connectivity index (χ0v) is 13.7. The first kappa shape index (κ1) is 15.6. The molecule has 0 saturated heterocycles. The second-order valence-corrected chi connectivity index (χ2v) is 8.09. The van der Waals surface area contributed by atoms with E-state index in [1.165, 1.54) is 37.8 Å². The van der Waals surface area contributed by atoms with Crippen LogP contribution < -0.4 is 4.90 Å². The van der Waals surface area contributed by atoms with Gasteiger partial charge in [-0.15, -0.1) is 0 Å². The summed E-state index contributed by atoms with van der Waals surface area (Å²) in [6, 6.07) is 11.6. The average molecular weight is 273 g/mol. The van der Waals surface area contributed by atoms with Gasteiger partial charge in [-0.25, -0.2) is 0 Å². The van der Waals surface area contributed by atoms with Gasteiger partial charge in [-0.05, 0) is 17.4 Å². The number of likely N-dealkylation sites (N-methyl/N-ethyl adjacent to an activating group) is 1. The summed E-state index contributed by atoms with van der Waals surface area (Å²) in [4.78, 5) is 1.68. The molecule has 0 radical (unpaired) electrons. The molecule has 1 aromatic rings. The van der Waals surface area contributed by atoms with Crippen LogP contribution >= 0.6 is 0 Å². The van der Waals surface area contributed by atoms with Gasteiger partial charge in [0, 0.05) is 12.8 Å². The van der Waals surface area contributed by atoms with Gasteiger partial charge in [0.05, 0.1) is 19.6 Å². The molecule has 3 atom stereocenters. The van der Waals surface area contributed by atoms with Gasteiger partial charge in [0.25, 0.3) is 0 Å². The Bertz CT molecular complexity index is 403. The number of rotatable bonds is 4. The van der Waals surface area contributed by atoms with Crippen LogP contribution in [-0.2, 0) is 6.42 Å². The van der Waals surface area contributed by atoms with Crippen LogP contribution in [0.1, 0.15) is 45.6 Å². The van der Waals surface area contributed by atoms with E-state index in [2.05, 4.69) is 65.1 Å². The highest BCUT2D eigenvalue weighted by molar-refractivity contribution is 5.14. The topological polar surface area (TPSA) is 4.44 Å². The molecule has 0 bridgehead atoms. The molecule has 3 unspecified atom stereocenters. The summed E-state index contributed by atoms with van der Waals surface area (Å²) in [5.74, 6) is 0. The zero-order chi connectivity index (χ0) is 14.8. The fraction of sp³-hybridized carbons (Fsp3) is 0.632. The third-order valence-corrected chi connectivity index (χ3v) is 4.79. The molecule has 2 rings (SSSR count). The van der Waals surface area contributed by atoms with Gasteiger partial charge in [-0.1, -0.05) is 57.5 Å². The van der Waals surface area contributed by atoms with Crippen molar-refractivity contribution in [3.8, 4) is 0 Å². The van der Waals surface area contributed by atoms with E-state index in [9.17, 15) is 0 Å². The van der Waals surface area contributed by atoms with Crippen molar-refractivity contribution in [3.05, 3.63) is 42.8 Å². The number of benzene rings is 1. The number of hydrogen-bond donors (Lipinski definition) is 1. The van der Waals surface area contributed by atoms with Crippen LogP contribution in [-0.4, -0.2) is 19.6 Å². The zero-order valence-electron chi connectivity index (χ0n) is 13.7. The molecule has 1 heteroatoms. The van der Waals surface area contributed by atoms with Gasteiger partial charge in [-0.3, -0.25) is 0 Å². The van der Waals surface area contributed by atoms with Crippen LogP contribution in [0.5, 0.6) is 0 Å². The first-order valence-corrected chi connectivity index (χ1v) is 7.99. The molecular weight excluding hydrogens is 242 g/mol. The van der Waals surface area contributed by atoms with Crippen molar-refractivity contribution < 1.29 is 4.90 Å². The quantitative estimate of drug-likeness (QED) is 0.804. The van der Waals surface area contributed by atoms with Crippen LogP contribution in [0, 0.1) is 17.8 Å². The highest BCUT2D eigenvalue weighted by atomic mass is 15.1. The minimum atomic E-state index is 0.250. The largest absolute Gasteiger partial charge is 0.337 e. The summed E-state index contributed by atoms with van der Waals surface area (Å²) >= 11 is 0. The van der Waals surface area contributed by atoms with Crippen LogP contribution in [0.2, 0.25) is 0 Å². The van der Waals surface area contributed by atoms with Gasteiger partial charge in [-0.2, -0.15) is 5.41 Å². The summed E-state index contributed by atoms with van der Waals surface area (Å²) < 4.78 is 0. The Balaban J connectivity index is 1.93. The molecule has 1 N–H and O–H groups in total. The molecule has 0 aliphatic heterocycles. The third kappa shape index (κ3) is 4.34. The molecule has 0 amide bonds. The highest BCUT2D eigenvalue weighted by Crippen LogP contribution is 2.44. The van der Waals surface area contributed by atoms with E-state index in [1.807, 2.05) is 0 Å². The maximum Gasteiger partial charge on any atom is 0.0858 e. The van der Waals surface area contributed by atoms with Crippen LogP contribution in [0.15, 0.2) is 30.3 Å². The maximum atomic E-state index is 4.46. The SMILES string of the molecule is [CH2-]C1(C)CC([NH+](C)CCc2ccccc2)CC(C)(C)C1. The van der Waals surface area contributed by atoms with E-state index < -0.39 is 0 Å². The maximum absolute atomic E-state index is 4.46. The van der Waals surface area contributed by atoms with Crippen molar-refractivity contribution in [1.29, 1.82) is 0 Å². The minimum Gasteiger partial charge on any atom is -0.337 e. The Labute approximate surface area is 125 Å². The number of quaternary nitrogens is 1. The molecule has 112 valence electrons. The van der Waals surface area contributed by atoms with Gasteiger partial charge >= 0.3 is 0 Å². The Hall–Kier alpha value is -0.820. The summed E-state index contributed by atoms with van der Waals surface area (Å²) in [5.41, 5.74) is 2.15. The monoisotopic (exact) mass is 273 g/mol. The average Bonchev–Trinajstić information content (AvgIpc) is 2.33. The molecular formula is C19H31N. The van der Waals surface area contributed by atoms with Crippen LogP contribution in [0.25, 0.3) is 0 Å². The normalized spacial score (nSPS) is 30.9. The second kappa shape index (κ2) is 5.89. The van der Waals surface area contributed by atoms with E-state index in [0.717, 1.165) is 6.04 Å². The van der Waals surface area contributed by atoms with E-state index in [-0.39, 0.29) is 5.41 Å². The first-order valence-electron chi connectivity index (χ1n) is 7.99. The summed E-state index contributed by atoms with van der Waals surface area (Å²) in [7, 11) is 2.37. The molecule has 1 aromatic carbocycles. The Morgan fingerprint density at radius 2 is 1.80 bits per heavy atom. The number of nitrogens with one attached hydrogen (secondary N) is 1. The van der Waals surface area contributed by atoms with E-state index >= 15 is 0 Å². The second-order valence-electron chi connectivity index (χ2n) is 8.09. The Morgan fingerprint density at radius 1 is 1.15 bits per heavy atom. The predicted octanol–water partition coefficient (Wildman–Crippen LogP) is 3.16. The molecule has 20 heavy (non-hydrogen) atoms. The van der Waals surface area contributed by atoms with Crippen molar-refractivity contribution in [2.24, 2.45) is 10.8 Å². The standard InChI is InChI=1S/C19H30N/c1-18(2)13-17(14-19(3,4)15-18)20(5)12-11-16-9-7-6-8-10-16/h6-10,17H,1,11-15H2,2-5H3/q-1/p+1. The van der Waals surface area contributed by atoms with Crippen LogP contribution in [0.4, 0.5) is 0 Å². The Morgan fingerprint density at radius 3 is 2.40 bits per heavy atom. The van der Waals surface area contributed by atoms with Crippen molar-refractivity contribution in [2.45, 2.75) is 52.5 Å². The molecule has 1 fully saturated rings. The molecule has 1 saturated carbocycles. The fourth-order valence-electron chi connectivity index (χ4n) is 4.17. The summed E-state index contributed by atoms with van der Waals surface area (Å²) in [5, 5.41) is 0. The molecule has 1 aliphatic carbocycles. The van der Waals surface area contributed by atoms with Crippen molar-refractivity contribution in [3.63, 3.8) is 0 Å². The molecule has 0 heterocycles. The highest BCUT2D eigenvalue weighted by Gasteiger charge is 2.38. The smallest absolute Gasteiger partial charge is 0.0858 e. The minimum absolute atomic E-state index is 0.250. The molecule has 1 nitrogen and oxygen atoms in total. The lowest BCUT2D eigenvalue weighted by atomic mass is 9.63. The summed E-state index contributed by atoms with van der Waals surface area (Å²) in [6.07, 6.45) is 5.02. The lowest BCUT2D eigenvalue weighted by Gasteiger charge is -2.50. The lowest BCUT2D eigenvalue weighted by molar-refractivity contribution is -0.909. The van der Waals surface area contributed by atoms with Gasteiger partial charge in [0.2, 0.25) is 0 Å². The predicted molar refractivity (Wildman–Crippen MR) is 86.8 cm³/mol.